The number of rotatable bonds is 4. The zero-order valence-corrected chi connectivity index (χ0v) is 13.1. The average Bonchev–Trinajstić information content (AvgIpc) is 2.62. The molecule has 1 aromatic carbocycles. The highest BCUT2D eigenvalue weighted by molar-refractivity contribution is 5.95. The Morgan fingerprint density at radius 3 is 2.71 bits per heavy atom. The number of carboxylic acids is 1. The maximum absolute atomic E-state index is 12.6. The Morgan fingerprint density at radius 2 is 1.96 bits per heavy atom. The van der Waals surface area contributed by atoms with E-state index in [0.717, 1.165) is 5.56 Å². The molecule has 2 heterocycles. The molecule has 6 heteroatoms. The first-order chi connectivity index (χ1) is 11.6. The molecule has 0 radical (unpaired) electrons. The number of carboxylic acid groups (broad SMARTS) is 1. The van der Waals surface area contributed by atoms with Crippen molar-refractivity contribution in [3.8, 4) is 11.3 Å². The molecule has 1 saturated heterocycles. The monoisotopic (exact) mass is 326 g/mol. The lowest BCUT2D eigenvalue weighted by atomic mass is 10.0. The third-order valence-electron chi connectivity index (χ3n) is 3.88. The second kappa shape index (κ2) is 7.23. The fourth-order valence-electron chi connectivity index (χ4n) is 2.69. The van der Waals surface area contributed by atoms with Crippen molar-refractivity contribution in [2.24, 2.45) is 0 Å². The number of benzene rings is 1. The SMILES string of the molecule is O=C(O)Cc1cccc(-c2cc(C(=O)N3CCOCC3)ccn2)c1. The van der Waals surface area contributed by atoms with Gasteiger partial charge in [0, 0.05) is 30.4 Å². The molecule has 1 aromatic heterocycles. The van der Waals surface area contributed by atoms with Crippen LogP contribution in [0.25, 0.3) is 11.3 Å². The number of hydrogen-bond acceptors (Lipinski definition) is 4. The molecule has 1 aliphatic rings. The van der Waals surface area contributed by atoms with Gasteiger partial charge in [0.2, 0.25) is 0 Å². The number of ether oxygens (including phenoxy) is 1. The summed E-state index contributed by atoms with van der Waals surface area (Å²) < 4.78 is 5.27. The van der Waals surface area contributed by atoms with E-state index in [-0.39, 0.29) is 12.3 Å². The number of carbonyl (C=O) groups is 2. The smallest absolute Gasteiger partial charge is 0.307 e. The van der Waals surface area contributed by atoms with Crippen LogP contribution in [0, 0.1) is 0 Å². The fraction of sp³-hybridized carbons (Fsp3) is 0.278. The van der Waals surface area contributed by atoms with Gasteiger partial charge in [0.15, 0.2) is 0 Å². The predicted octanol–water partition coefficient (Wildman–Crippen LogP) is 1.85. The third-order valence-corrected chi connectivity index (χ3v) is 3.88. The van der Waals surface area contributed by atoms with Gasteiger partial charge in [0.05, 0.1) is 25.3 Å². The molecule has 0 atom stereocenters. The number of carbonyl (C=O) groups excluding carboxylic acids is 1. The van der Waals surface area contributed by atoms with Crippen LogP contribution >= 0.6 is 0 Å². The average molecular weight is 326 g/mol. The second-order valence-electron chi connectivity index (χ2n) is 5.61. The van der Waals surface area contributed by atoms with Gasteiger partial charge in [0.25, 0.3) is 5.91 Å². The lowest BCUT2D eigenvalue weighted by Gasteiger charge is -2.26. The summed E-state index contributed by atoms with van der Waals surface area (Å²) in [6.45, 7) is 2.29. The molecule has 1 aliphatic heterocycles. The van der Waals surface area contributed by atoms with Crippen LogP contribution in [0.3, 0.4) is 0 Å². The van der Waals surface area contributed by atoms with Gasteiger partial charge in [0.1, 0.15) is 0 Å². The van der Waals surface area contributed by atoms with Gasteiger partial charge >= 0.3 is 5.97 Å². The van der Waals surface area contributed by atoms with Crippen molar-refractivity contribution in [2.45, 2.75) is 6.42 Å². The first kappa shape index (κ1) is 16.1. The van der Waals surface area contributed by atoms with E-state index in [1.165, 1.54) is 0 Å². The van der Waals surface area contributed by atoms with Crippen LogP contribution in [-0.4, -0.2) is 53.2 Å². The Bertz CT molecular complexity index is 754. The third kappa shape index (κ3) is 3.78. The Kier molecular flexibility index (Phi) is 4.86. The summed E-state index contributed by atoms with van der Waals surface area (Å²) in [5.74, 6) is -0.917. The molecular formula is C18H18N2O4. The van der Waals surface area contributed by atoms with E-state index in [9.17, 15) is 9.59 Å². The summed E-state index contributed by atoms with van der Waals surface area (Å²) in [7, 11) is 0. The summed E-state index contributed by atoms with van der Waals surface area (Å²) >= 11 is 0. The van der Waals surface area contributed by atoms with E-state index >= 15 is 0 Å². The van der Waals surface area contributed by atoms with Crippen molar-refractivity contribution in [2.75, 3.05) is 26.3 Å². The summed E-state index contributed by atoms with van der Waals surface area (Å²) in [5.41, 5.74) is 2.73. The summed E-state index contributed by atoms with van der Waals surface area (Å²) in [6.07, 6.45) is 1.56. The second-order valence-corrected chi connectivity index (χ2v) is 5.61. The minimum atomic E-state index is -0.878. The minimum Gasteiger partial charge on any atom is -0.481 e. The van der Waals surface area contributed by atoms with E-state index in [0.29, 0.717) is 43.1 Å². The van der Waals surface area contributed by atoms with Crippen molar-refractivity contribution in [3.63, 3.8) is 0 Å². The van der Waals surface area contributed by atoms with Gasteiger partial charge in [-0.1, -0.05) is 18.2 Å². The van der Waals surface area contributed by atoms with Crippen molar-refractivity contribution in [1.29, 1.82) is 0 Å². The molecular weight excluding hydrogens is 308 g/mol. The Morgan fingerprint density at radius 1 is 1.17 bits per heavy atom. The van der Waals surface area contributed by atoms with E-state index in [1.807, 2.05) is 6.07 Å². The molecule has 0 bridgehead atoms. The highest BCUT2D eigenvalue weighted by Crippen LogP contribution is 2.20. The molecule has 2 aromatic rings. The summed E-state index contributed by atoms with van der Waals surface area (Å²) in [4.78, 5) is 29.5. The number of nitrogens with zero attached hydrogens (tertiary/aromatic N) is 2. The van der Waals surface area contributed by atoms with Crippen LogP contribution in [-0.2, 0) is 16.0 Å². The van der Waals surface area contributed by atoms with Crippen LogP contribution in [0.5, 0.6) is 0 Å². The molecule has 1 amide bonds. The van der Waals surface area contributed by atoms with Crippen LogP contribution in [0.4, 0.5) is 0 Å². The van der Waals surface area contributed by atoms with Crippen molar-refractivity contribution in [3.05, 3.63) is 53.7 Å². The number of aliphatic carboxylic acids is 1. The van der Waals surface area contributed by atoms with E-state index < -0.39 is 5.97 Å². The minimum absolute atomic E-state index is 0.0383. The topological polar surface area (TPSA) is 79.7 Å². The maximum Gasteiger partial charge on any atom is 0.307 e. The zero-order valence-electron chi connectivity index (χ0n) is 13.1. The van der Waals surface area contributed by atoms with Gasteiger partial charge < -0.3 is 14.7 Å². The van der Waals surface area contributed by atoms with E-state index in [1.54, 1.807) is 41.4 Å². The number of aromatic nitrogens is 1. The number of amides is 1. The molecule has 0 spiro atoms. The highest BCUT2D eigenvalue weighted by Gasteiger charge is 2.19. The quantitative estimate of drug-likeness (QED) is 0.927. The van der Waals surface area contributed by atoms with Crippen molar-refractivity contribution in [1.82, 2.24) is 9.88 Å². The summed E-state index contributed by atoms with van der Waals surface area (Å²) in [6, 6.07) is 10.7. The first-order valence-corrected chi connectivity index (χ1v) is 7.77. The normalized spacial score (nSPS) is 14.4. The molecule has 0 saturated carbocycles. The van der Waals surface area contributed by atoms with Crippen LogP contribution in [0.1, 0.15) is 15.9 Å². The molecule has 24 heavy (non-hydrogen) atoms. The molecule has 1 fully saturated rings. The van der Waals surface area contributed by atoms with Crippen molar-refractivity contribution >= 4 is 11.9 Å². The zero-order chi connectivity index (χ0) is 16.9. The molecule has 0 aliphatic carbocycles. The van der Waals surface area contributed by atoms with E-state index in [2.05, 4.69) is 4.98 Å². The Balaban J connectivity index is 1.85. The lowest BCUT2D eigenvalue weighted by Crippen LogP contribution is -2.40. The molecule has 124 valence electrons. The molecule has 0 unspecified atom stereocenters. The maximum atomic E-state index is 12.6. The fourth-order valence-corrected chi connectivity index (χ4v) is 2.69. The Labute approximate surface area is 139 Å². The molecule has 1 N–H and O–H groups in total. The van der Waals surface area contributed by atoms with Gasteiger partial charge in [-0.2, -0.15) is 0 Å². The molecule has 3 rings (SSSR count). The lowest BCUT2D eigenvalue weighted by molar-refractivity contribution is -0.136. The van der Waals surface area contributed by atoms with Gasteiger partial charge in [-0.3, -0.25) is 14.6 Å². The number of pyridine rings is 1. The van der Waals surface area contributed by atoms with Crippen LogP contribution in [0.15, 0.2) is 42.6 Å². The van der Waals surface area contributed by atoms with Crippen LogP contribution < -0.4 is 0 Å². The van der Waals surface area contributed by atoms with E-state index in [4.69, 9.17) is 9.84 Å². The predicted molar refractivity (Wildman–Crippen MR) is 87.7 cm³/mol. The van der Waals surface area contributed by atoms with Gasteiger partial charge in [-0.05, 0) is 23.8 Å². The van der Waals surface area contributed by atoms with Gasteiger partial charge in [-0.15, -0.1) is 0 Å². The number of morpholine rings is 1. The number of hydrogen-bond donors (Lipinski definition) is 1. The highest BCUT2D eigenvalue weighted by atomic mass is 16.5. The first-order valence-electron chi connectivity index (χ1n) is 7.77. The van der Waals surface area contributed by atoms with Crippen LogP contribution in [0.2, 0.25) is 0 Å². The van der Waals surface area contributed by atoms with Gasteiger partial charge in [-0.25, -0.2) is 0 Å². The largest absolute Gasteiger partial charge is 0.481 e. The Hall–Kier alpha value is -2.73. The van der Waals surface area contributed by atoms with Crippen molar-refractivity contribution < 1.29 is 19.4 Å². The standard InChI is InChI=1S/C18H18N2O4/c21-17(22)11-13-2-1-3-14(10-13)16-12-15(4-5-19-16)18(23)20-6-8-24-9-7-20/h1-5,10,12H,6-9,11H2,(H,21,22). The summed E-state index contributed by atoms with van der Waals surface area (Å²) in [5, 5.41) is 8.91. The molecule has 6 nitrogen and oxygen atoms in total.